The number of allylic oxidation sites excluding steroid dienone is 5. The van der Waals surface area contributed by atoms with Crippen LogP contribution in [-0.4, -0.2) is 47.4 Å². The Bertz CT molecular complexity index is 946. The molecular formula is C52H97NO5. The highest BCUT2D eigenvalue weighted by atomic mass is 16.5. The van der Waals surface area contributed by atoms with Gasteiger partial charge in [-0.2, -0.15) is 0 Å². The summed E-state index contributed by atoms with van der Waals surface area (Å²) in [5.74, 6) is -0.175. The van der Waals surface area contributed by atoms with Crippen molar-refractivity contribution < 1.29 is 24.5 Å². The van der Waals surface area contributed by atoms with Crippen molar-refractivity contribution in [3.05, 3.63) is 36.5 Å². The number of aliphatic hydroxyl groups is 2. The zero-order valence-electron chi connectivity index (χ0n) is 38.5. The Labute approximate surface area is 360 Å². The first-order valence-electron chi connectivity index (χ1n) is 25.3. The van der Waals surface area contributed by atoms with Gasteiger partial charge in [-0.05, 0) is 77.0 Å². The fourth-order valence-corrected chi connectivity index (χ4v) is 7.45. The van der Waals surface area contributed by atoms with Crippen molar-refractivity contribution in [2.45, 2.75) is 270 Å². The second kappa shape index (κ2) is 47.8. The molecule has 0 aromatic carbocycles. The molecule has 0 fully saturated rings. The number of aliphatic hydroxyl groups excluding tert-OH is 2. The van der Waals surface area contributed by atoms with Gasteiger partial charge >= 0.3 is 5.97 Å². The summed E-state index contributed by atoms with van der Waals surface area (Å²) in [7, 11) is 0. The molecule has 1 amide bonds. The Morgan fingerprint density at radius 3 is 1.26 bits per heavy atom. The highest BCUT2D eigenvalue weighted by Gasteiger charge is 2.17. The monoisotopic (exact) mass is 816 g/mol. The van der Waals surface area contributed by atoms with Crippen molar-refractivity contribution in [1.29, 1.82) is 0 Å². The molecular weight excluding hydrogens is 719 g/mol. The van der Waals surface area contributed by atoms with Gasteiger partial charge in [-0.3, -0.25) is 9.59 Å². The lowest BCUT2D eigenvalue weighted by atomic mass is 10.0. The first kappa shape index (κ1) is 56.1. The standard InChI is InChI=1S/C52H97NO5/c1-3-5-7-9-11-13-15-17-19-21-23-25-28-32-36-40-44-50(55)49(48-54)53-51(56)45-41-37-33-29-27-31-35-39-43-47-58-52(57)46-42-38-34-30-26-24-22-20-18-16-14-12-10-8-6-4-2/h20,22,29,33,40,44,49-50,54-55H,3-19,21,23-28,30-32,34-39,41-43,45-48H2,1-2H3,(H,53,56)/b22-20-,33-29-,44-40+. The lowest BCUT2D eigenvalue weighted by Gasteiger charge is -2.19. The Kier molecular flexibility index (Phi) is 46.2. The molecule has 0 saturated heterocycles. The van der Waals surface area contributed by atoms with Crippen molar-refractivity contribution in [3.8, 4) is 0 Å². The second-order valence-electron chi connectivity index (χ2n) is 17.1. The Morgan fingerprint density at radius 2 is 0.828 bits per heavy atom. The molecule has 0 rings (SSSR count). The van der Waals surface area contributed by atoms with Crippen LogP contribution in [0.5, 0.6) is 0 Å². The number of hydrogen-bond acceptors (Lipinski definition) is 5. The molecule has 0 radical (unpaired) electrons. The van der Waals surface area contributed by atoms with Crippen molar-refractivity contribution in [1.82, 2.24) is 5.32 Å². The number of nitrogens with one attached hydrogen (secondary N) is 1. The van der Waals surface area contributed by atoms with E-state index in [9.17, 15) is 19.8 Å². The minimum atomic E-state index is -0.876. The first-order valence-corrected chi connectivity index (χ1v) is 25.3. The number of esters is 1. The van der Waals surface area contributed by atoms with E-state index in [1.54, 1.807) is 6.08 Å². The molecule has 58 heavy (non-hydrogen) atoms. The molecule has 6 heteroatoms. The molecule has 0 aromatic heterocycles. The van der Waals surface area contributed by atoms with Crippen LogP contribution in [0.4, 0.5) is 0 Å². The Hall–Kier alpha value is -1.92. The fraction of sp³-hybridized carbons (Fsp3) is 0.846. The summed E-state index contributed by atoms with van der Waals surface area (Å²) in [6, 6.07) is -0.666. The van der Waals surface area contributed by atoms with Gasteiger partial charge in [0.05, 0.1) is 25.4 Å². The highest BCUT2D eigenvalue weighted by molar-refractivity contribution is 5.76. The number of rotatable bonds is 46. The van der Waals surface area contributed by atoms with E-state index >= 15 is 0 Å². The molecule has 0 aliphatic carbocycles. The van der Waals surface area contributed by atoms with E-state index in [1.807, 2.05) is 6.08 Å². The Balaban J connectivity index is 3.59. The van der Waals surface area contributed by atoms with E-state index in [0.29, 0.717) is 19.4 Å². The molecule has 0 heterocycles. The average molecular weight is 816 g/mol. The van der Waals surface area contributed by atoms with Gasteiger partial charge in [0.15, 0.2) is 0 Å². The van der Waals surface area contributed by atoms with E-state index < -0.39 is 12.1 Å². The summed E-state index contributed by atoms with van der Waals surface area (Å²) >= 11 is 0. The summed E-state index contributed by atoms with van der Waals surface area (Å²) in [4.78, 5) is 24.4. The zero-order valence-corrected chi connectivity index (χ0v) is 38.5. The van der Waals surface area contributed by atoms with Crippen LogP contribution in [0.1, 0.15) is 258 Å². The number of carbonyl (C=O) groups is 2. The topological polar surface area (TPSA) is 95.9 Å². The minimum absolute atomic E-state index is 0.0459. The molecule has 0 aromatic rings. The van der Waals surface area contributed by atoms with Gasteiger partial charge in [-0.15, -0.1) is 0 Å². The van der Waals surface area contributed by atoms with Gasteiger partial charge in [0.2, 0.25) is 5.91 Å². The van der Waals surface area contributed by atoms with Gasteiger partial charge in [-0.25, -0.2) is 0 Å². The van der Waals surface area contributed by atoms with Crippen LogP contribution in [0.25, 0.3) is 0 Å². The average Bonchev–Trinajstić information content (AvgIpc) is 3.22. The molecule has 0 spiro atoms. The lowest BCUT2D eigenvalue weighted by Crippen LogP contribution is -2.45. The number of ether oxygens (including phenoxy) is 1. The third kappa shape index (κ3) is 43.7. The Morgan fingerprint density at radius 1 is 0.466 bits per heavy atom. The molecule has 0 bridgehead atoms. The van der Waals surface area contributed by atoms with Crippen LogP contribution in [0.15, 0.2) is 36.5 Å². The number of amides is 1. The highest BCUT2D eigenvalue weighted by Crippen LogP contribution is 2.15. The molecule has 2 unspecified atom stereocenters. The van der Waals surface area contributed by atoms with E-state index in [2.05, 4.69) is 43.5 Å². The number of hydrogen-bond donors (Lipinski definition) is 3. The largest absolute Gasteiger partial charge is 0.466 e. The maximum atomic E-state index is 12.4. The molecule has 2 atom stereocenters. The van der Waals surface area contributed by atoms with E-state index in [4.69, 9.17) is 4.74 Å². The van der Waals surface area contributed by atoms with Gasteiger partial charge in [0.1, 0.15) is 0 Å². The van der Waals surface area contributed by atoms with Crippen LogP contribution in [-0.2, 0) is 14.3 Å². The summed E-state index contributed by atoms with van der Waals surface area (Å²) in [6.45, 7) is 4.80. The SMILES string of the molecule is CCCCCCCCC/C=C\CCCCCCCC(=O)OCCCCCC/C=C\CCCC(=O)NC(CO)C(O)/C=C/CCCCCCCCCCCCCCCC. The normalized spacial score (nSPS) is 13.0. The minimum Gasteiger partial charge on any atom is -0.466 e. The summed E-state index contributed by atoms with van der Waals surface area (Å²) in [6.07, 6.45) is 57.2. The third-order valence-corrected chi connectivity index (χ3v) is 11.4. The van der Waals surface area contributed by atoms with Crippen LogP contribution < -0.4 is 5.32 Å². The van der Waals surface area contributed by atoms with Crippen LogP contribution in [0, 0.1) is 0 Å². The molecule has 6 nitrogen and oxygen atoms in total. The van der Waals surface area contributed by atoms with Gasteiger partial charge in [0, 0.05) is 12.8 Å². The predicted octanol–water partition coefficient (Wildman–Crippen LogP) is 14.9. The summed E-state index contributed by atoms with van der Waals surface area (Å²) < 4.78 is 5.43. The van der Waals surface area contributed by atoms with Gasteiger partial charge < -0.3 is 20.3 Å². The number of unbranched alkanes of at least 4 members (excludes halogenated alkanes) is 31. The van der Waals surface area contributed by atoms with Crippen molar-refractivity contribution in [2.24, 2.45) is 0 Å². The quantitative estimate of drug-likeness (QED) is 0.0323. The maximum Gasteiger partial charge on any atom is 0.305 e. The first-order chi connectivity index (χ1) is 28.5. The van der Waals surface area contributed by atoms with Crippen molar-refractivity contribution in [3.63, 3.8) is 0 Å². The molecule has 3 N–H and O–H groups in total. The molecule has 0 saturated carbocycles. The van der Waals surface area contributed by atoms with Crippen LogP contribution in [0.3, 0.4) is 0 Å². The lowest BCUT2D eigenvalue weighted by molar-refractivity contribution is -0.143. The summed E-state index contributed by atoms with van der Waals surface area (Å²) in [5, 5.41) is 23.0. The smallest absolute Gasteiger partial charge is 0.305 e. The molecule has 340 valence electrons. The third-order valence-electron chi connectivity index (χ3n) is 11.4. The molecule has 0 aliphatic rings. The number of carbonyl (C=O) groups excluding carboxylic acids is 2. The predicted molar refractivity (Wildman–Crippen MR) is 250 cm³/mol. The molecule has 0 aliphatic heterocycles. The van der Waals surface area contributed by atoms with Crippen molar-refractivity contribution in [2.75, 3.05) is 13.2 Å². The maximum absolute atomic E-state index is 12.4. The van der Waals surface area contributed by atoms with Gasteiger partial charge in [-0.1, -0.05) is 204 Å². The van der Waals surface area contributed by atoms with Gasteiger partial charge in [0.25, 0.3) is 0 Å². The fourth-order valence-electron chi connectivity index (χ4n) is 7.45. The van der Waals surface area contributed by atoms with E-state index in [0.717, 1.165) is 70.6 Å². The van der Waals surface area contributed by atoms with Crippen LogP contribution in [0.2, 0.25) is 0 Å². The summed E-state index contributed by atoms with van der Waals surface area (Å²) in [5.41, 5.74) is 0. The van der Waals surface area contributed by atoms with Crippen LogP contribution >= 0.6 is 0 Å². The second-order valence-corrected chi connectivity index (χ2v) is 17.1. The van der Waals surface area contributed by atoms with E-state index in [1.165, 1.54) is 161 Å². The van der Waals surface area contributed by atoms with E-state index in [-0.39, 0.29) is 18.5 Å². The van der Waals surface area contributed by atoms with Crippen molar-refractivity contribution >= 4 is 11.9 Å². The zero-order chi connectivity index (χ0) is 42.3.